The lowest BCUT2D eigenvalue weighted by Crippen LogP contribution is -2.31. The number of nitrogens with one attached hydrogen (secondary N) is 1. The number of amides is 2. The van der Waals surface area contributed by atoms with Gasteiger partial charge in [-0.15, -0.1) is 10.2 Å². The monoisotopic (exact) mass is 452 g/mol. The van der Waals surface area contributed by atoms with E-state index in [1.807, 2.05) is 38.1 Å². The lowest BCUT2D eigenvalue weighted by atomic mass is 10.3. The van der Waals surface area contributed by atoms with Gasteiger partial charge in [-0.2, -0.15) is 0 Å². The molecule has 0 spiro atoms. The van der Waals surface area contributed by atoms with Gasteiger partial charge in [0.1, 0.15) is 12.4 Å². The number of imidazole rings is 1. The number of thioether (sulfide) groups is 1. The van der Waals surface area contributed by atoms with Crippen molar-refractivity contribution in [3.05, 3.63) is 54.3 Å². The summed E-state index contributed by atoms with van der Waals surface area (Å²) in [7, 11) is 0. The molecule has 8 nitrogen and oxygen atoms in total. The van der Waals surface area contributed by atoms with Crippen LogP contribution in [0.1, 0.15) is 12.8 Å². The Kier molecular flexibility index (Phi) is 5.52. The van der Waals surface area contributed by atoms with Crippen LogP contribution in [0.25, 0.3) is 16.8 Å². The van der Waals surface area contributed by atoms with E-state index in [0.29, 0.717) is 10.9 Å². The van der Waals surface area contributed by atoms with Gasteiger partial charge in [-0.1, -0.05) is 36.0 Å². The number of hydrogen-bond donors (Lipinski definition) is 1. The van der Waals surface area contributed by atoms with Gasteiger partial charge in [-0.25, -0.2) is 4.39 Å². The van der Waals surface area contributed by atoms with Crippen molar-refractivity contribution in [1.82, 2.24) is 24.1 Å². The summed E-state index contributed by atoms with van der Waals surface area (Å²) >= 11 is 1.21. The minimum Gasteiger partial charge on any atom is -0.341 e. The van der Waals surface area contributed by atoms with Gasteiger partial charge in [0.25, 0.3) is 0 Å². The Bertz CT molecular complexity index is 1310. The summed E-state index contributed by atoms with van der Waals surface area (Å²) in [6.07, 6.45) is 2.07. The van der Waals surface area contributed by atoms with Crippen LogP contribution in [-0.4, -0.2) is 54.7 Å². The van der Waals surface area contributed by atoms with Crippen LogP contribution in [0.4, 0.5) is 10.1 Å². The van der Waals surface area contributed by atoms with E-state index >= 15 is 0 Å². The highest BCUT2D eigenvalue weighted by atomic mass is 32.2. The molecule has 0 bridgehead atoms. The lowest BCUT2D eigenvalue weighted by molar-refractivity contribution is -0.130. The summed E-state index contributed by atoms with van der Waals surface area (Å²) in [6, 6.07) is 13.7. The highest BCUT2D eigenvalue weighted by Gasteiger charge is 2.23. The van der Waals surface area contributed by atoms with Gasteiger partial charge in [0.05, 0.1) is 22.5 Å². The maximum Gasteiger partial charge on any atom is 0.242 e. The first-order valence-corrected chi connectivity index (χ1v) is 11.4. The van der Waals surface area contributed by atoms with Crippen LogP contribution >= 0.6 is 11.8 Å². The van der Waals surface area contributed by atoms with E-state index in [0.717, 1.165) is 37.0 Å². The van der Waals surface area contributed by atoms with Crippen LogP contribution < -0.4 is 5.32 Å². The maximum absolute atomic E-state index is 13.8. The highest BCUT2D eigenvalue weighted by molar-refractivity contribution is 7.99. The van der Waals surface area contributed by atoms with Gasteiger partial charge in [0, 0.05) is 13.1 Å². The van der Waals surface area contributed by atoms with Crippen molar-refractivity contribution in [1.29, 1.82) is 0 Å². The number of para-hydroxylation sites is 3. The minimum atomic E-state index is -0.485. The first kappa shape index (κ1) is 20.5. The third kappa shape index (κ3) is 3.81. The Labute approximate surface area is 187 Å². The SMILES string of the molecule is O=C(CSc1nnc2n(CC(=O)N3CCCC3)c3ccccc3n12)Nc1ccccc1F. The summed E-state index contributed by atoms with van der Waals surface area (Å²) in [5, 5.41) is 11.7. The second-order valence-electron chi connectivity index (χ2n) is 7.60. The van der Waals surface area contributed by atoms with Crippen molar-refractivity contribution in [2.75, 3.05) is 24.2 Å². The molecular formula is C22H21FN6O2S. The molecule has 1 N–H and O–H groups in total. The van der Waals surface area contributed by atoms with E-state index in [1.165, 1.54) is 23.9 Å². The molecule has 164 valence electrons. The number of carbonyl (C=O) groups excluding carboxylic acids is 2. The number of anilines is 1. The van der Waals surface area contributed by atoms with Crippen molar-refractivity contribution < 1.29 is 14.0 Å². The fourth-order valence-electron chi connectivity index (χ4n) is 3.97. The molecule has 1 fully saturated rings. The minimum absolute atomic E-state index is 0.0430. The van der Waals surface area contributed by atoms with Gasteiger partial charge < -0.3 is 10.2 Å². The van der Waals surface area contributed by atoms with Gasteiger partial charge >= 0.3 is 0 Å². The average molecular weight is 453 g/mol. The second-order valence-corrected chi connectivity index (χ2v) is 8.54. The van der Waals surface area contributed by atoms with Gasteiger partial charge in [0.2, 0.25) is 17.6 Å². The van der Waals surface area contributed by atoms with Crippen LogP contribution in [0.15, 0.2) is 53.7 Å². The number of nitrogens with zero attached hydrogens (tertiary/aromatic N) is 5. The van der Waals surface area contributed by atoms with E-state index in [1.54, 1.807) is 12.1 Å². The van der Waals surface area contributed by atoms with Gasteiger partial charge in [-0.3, -0.25) is 18.6 Å². The molecule has 0 radical (unpaired) electrons. The predicted octanol–water partition coefficient (Wildman–Crippen LogP) is 3.18. The number of rotatable bonds is 6. The Balaban J connectivity index is 1.39. The standard InChI is InChI=1S/C22H21FN6O2S/c23-15-7-1-2-8-16(15)24-19(30)14-32-22-26-25-21-28(13-20(31)27-11-5-6-12-27)17-9-3-4-10-18(17)29(21)22/h1-4,7-10H,5-6,11-14H2,(H,24,30). The zero-order chi connectivity index (χ0) is 22.1. The zero-order valence-electron chi connectivity index (χ0n) is 17.2. The molecule has 4 aromatic rings. The van der Waals surface area contributed by atoms with Crippen LogP contribution in [0, 0.1) is 5.82 Å². The van der Waals surface area contributed by atoms with E-state index in [2.05, 4.69) is 15.5 Å². The number of benzene rings is 2. The lowest BCUT2D eigenvalue weighted by Gasteiger charge is -2.15. The molecule has 2 aromatic carbocycles. The smallest absolute Gasteiger partial charge is 0.242 e. The molecule has 1 saturated heterocycles. The maximum atomic E-state index is 13.8. The summed E-state index contributed by atoms with van der Waals surface area (Å²) in [6.45, 7) is 1.77. The zero-order valence-corrected chi connectivity index (χ0v) is 18.0. The molecule has 2 amide bonds. The van der Waals surface area contributed by atoms with E-state index in [4.69, 9.17) is 0 Å². The third-order valence-electron chi connectivity index (χ3n) is 5.50. The molecule has 10 heteroatoms. The van der Waals surface area contributed by atoms with Crippen molar-refractivity contribution in [2.45, 2.75) is 24.5 Å². The molecule has 0 aliphatic carbocycles. The van der Waals surface area contributed by atoms with Crippen molar-refractivity contribution >= 4 is 46.1 Å². The molecule has 0 unspecified atom stereocenters. The Morgan fingerprint density at radius 2 is 1.72 bits per heavy atom. The number of likely N-dealkylation sites (tertiary alicyclic amines) is 1. The van der Waals surface area contributed by atoms with Crippen molar-refractivity contribution in [2.24, 2.45) is 0 Å². The predicted molar refractivity (Wildman–Crippen MR) is 120 cm³/mol. The number of hydrogen-bond acceptors (Lipinski definition) is 5. The van der Waals surface area contributed by atoms with E-state index in [9.17, 15) is 14.0 Å². The largest absolute Gasteiger partial charge is 0.341 e. The molecule has 5 rings (SSSR count). The Morgan fingerprint density at radius 1 is 1.00 bits per heavy atom. The first-order chi connectivity index (χ1) is 15.6. The number of carbonyl (C=O) groups is 2. The summed E-state index contributed by atoms with van der Waals surface area (Å²) in [4.78, 5) is 27.0. The summed E-state index contributed by atoms with van der Waals surface area (Å²) < 4.78 is 17.5. The molecule has 1 aliphatic heterocycles. The van der Waals surface area contributed by atoms with Crippen LogP contribution in [0.5, 0.6) is 0 Å². The highest BCUT2D eigenvalue weighted by Crippen LogP contribution is 2.26. The second kappa shape index (κ2) is 8.62. The number of aromatic nitrogens is 4. The van der Waals surface area contributed by atoms with Crippen LogP contribution in [0.3, 0.4) is 0 Å². The molecule has 0 atom stereocenters. The normalized spacial score (nSPS) is 13.8. The number of fused-ring (bicyclic) bond motifs is 3. The Morgan fingerprint density at radius 3 is 2.50 bits per heavy atom. The molecule has 0 saturated carbocycles. The fourth-order valence-corrected chi connectivity index (χ4v) is 4.71. The van der Waals surface area contributed by atoms with Crippen LogP contribution in [0.2, 0.25) is 0 Å². The topological polar surface area (TPSA) is 84.5 Å². The van der Waals surface area contributed by atoms with Gasteiger partial charge in [0.15, 0.2) is 5.16 Å². The molecule has 3 heterocycles. The van der Waals surface area contributed by atoms with E-state index < -0.39 is 5.82 Å². The molecular weight excluding hydrogens is 431 g/mol. The fraction of sp³-hybridized carbons (Fsp3) is 0.273. The molecule has 2 aromatic heterocycles. The van der Waals surface area contributed by atoms with Crippen molar-refractivity contribution in [3.8, 4) is 0 Å². The molecule has 32 heavy (non-hydrogen) atoms. The number of halogens is 1. The first-order valence-electron chi connectivity index (χ1n) is 10.4. The average Bonchev–Trinajstić information content (AvgIpc) is 3.53. The van der Waals surface area contributed by atoms with Crippen LogP contribution in [-0.2, 0) is 16.1 Å². The quantitative estimate of drug-likeness (QED) is 0.454. The Hall–Kier alpha value is -3.40. The molecule has 1 aliphatic rings. The summed E-state index contributed by atoms with van der Waals surface area (Å²) in [5.41, 5.74) is 1.88. The third-order valence-corrected chi connectivity index (χ3v) is 6.43. The summed E-state index contributed by atoms with van der Waals surface area (Å²) in [5.74, 6) is -0.171. The van der Waals surface area contributed by atoms with Crippen molar-refractivity contribution in [3.63, 3.8) is 0 Å². The van der Waals surface area contributed by atoms with Gasteiger partial charge in [-0.05, 0) is 37.1 Å². The van der Waals surface area contributed by atoms with E-state index in [-0.39, 0.29) is 29.8 Å².